The number of aliphatic carboxylic acids is 1. The molecule has 13 nitrogen and oxygen atoms in total. The van der Waals surface area contributed by atoms with Crippen LogP contribution in [-0.4, -0.2) is 73.2 Å². The van der Waals surface area contributed by atoms with E-state index in [1.54, 1.807) is 13.8 Å². The second-order valence-corrected chi connectivity index (χ2v) is 8.17. The summed E-state index contributed by atoms with van der Waals surface area (Å²) in [6.45, 7) is 5.18. The summed E-state index contributed by atoms with van der Waals surface area (Å²) in [7, 11) is 0. The van der Waals surface area contributed by atoms with E-state index >= 15 is 0 Å². The highest BCUT2D eigenvalue weighted by atomic mass is 16.6. The van der Waals surface area contributed by atoms with E-state index in [-0.39, 0.29) is 31.1 Å². The quantitative estimate of drug-likeness (QED) is 0.380. The zero-order valence-electron chi connectivity index (χ0n) is 19.2. The molecule has 1 fully saturated rings. The van der Waals surface area contributed by atoms with Crippen molar-refractivity contribution in [2.24, 2.45) is 0 Å². The number of nitrogens with one attached hydrogen (secondary N) is 2. The number of anilines is 1. The minimum Gasteiger partial charge on any atom is -0.481 e. The molecule has 0 unspecified atom stereocenters. The van der Waals surface area contributed by atoms with Gasteiger partial charge in [-0.1, -0.05) is 17.2 Å². The largest absolute Gasteiger partial charge is 0.481 e. The number of hydrogen-bond acceptors (Lipinski definition) is 10. The van der Waals surface area contributed by atoms with Crippen molar-refractivity contribution in [3.8, 4) is 0 Å². The number of Topliss-reactive ketones (excluding diaryl/α,β-unsaturated/α-hetero) is 1. The maximum atomic E-state index is 13.1. The molecule has 1 aliphatic rings. The van der Waals surface area contributed by atoms with Crippen molar-refractivity contribution in [3.63, 3.8) is 0 Å². The molecule has 13 heteroatoms. The molecular formula is C21H29N7O6. The van der Waals surface area contributed by atoms with Crippen molar-refractivity contribution >= 4 is 23.5 Å². The van der Waals surface area contributed by atoms with Gasteiger partial charge in [0.15, 0.2) is 11.6 Å². The number of ketones is 1. The minimum absolute atomic E-state index is 0.00310. The molecule has 0 spiro atoms. The van der Waals surface area contributed by atoms with Gasteiger partial charge in [0.1, 0.15) is 17.4 Å². The Morgan fingerprint density at radius 3 is 2.59 bits per heavy atom. The molecule has 2 atom stereocenters. The van der Waals surface area contributed by atoms with Crippen LogP contribution in [0.3, 0.4) is 0 Å². The van der Waals surface area contributed by atoms with Gasteiger partial charge >= 0.3 is 5.97 Å². The number of nitrogens with zero attached hydrogens (tertiary/aromatic N) is 5. The Balaban J connectivity index is 1.73. The summed E-state index contributed by atoms with van der Waals surface area (Å²) in [5.74, 6) is -2.17. The summed E-state index contributed by atoms with van der Waals surface area (Å²) in [5.41, 5.74) is 0.531. The Bertz CT molecular complexity index is 1080. The predicted molar refractivity (Wildman–Crippen MR) is 119 cm³/mol. The average Bonchev–Trinajstić information content (AvgIpc) is 3.45. The summed E-state index contributed by atoms with van der Waals surface area (Å²) >= 11 is 0. The molecule has 0 radical (unpaired) electrons. The fourth-order valence-electron chi connectivity index (χ4n) is 3.84. The number of rotatable bonds is 12. The van der Waals surface area contributed by atoms with E-state index in [0.29, 0.717) is 11.4 Å². The van der Waals surface area contributed by atoms with Gasteiger partial charge in [-0.15, -0.1) is 0 Å². The number of hydrogen-bond donors (Lipinski definition) is 3. The highest BCUT2D eigenvalue weighted by Crippen LogP contribution is 2.13. The molecule has 2 aromatic heterocycles. The molecule has 1 saturated heterocycles. The van der Waals surface area contributed by atoms with E-state index in [2.05, 4.69) is 30.6 Å². The van der Waals surface area contributed by atoms with Crippen LogP contribution in [0, 0.1) is 6.92 Å². The van der Waals surface area contributed by atoms with Gasteiger partial charge in [0.2, 0.25) is 5.91 Å². The van der Waals surface area contributed by atoms with Gasteiger partial charge in [0.25, 0.3) is 5.56 Å². The maximum absolute atomic E-state index is 13.1. The first kappa shape index (κ1) is 25.0. The summed E-state index contributed by atoms with van der Waals surface area (Å²) in [6, 6.07) is -2.14. The zero-order valence-corrected chi connectivity index (χ0v) is 19.2. The minimum atomic E-state index is -1.20. The van der Waals surface area contributed by atoms with Crippen LogP contribution >= 0.6 is 0 Å². The Kier molecular flexibility index (Phi) is 8.46. The van der Waals surface area contributed by atoms with Gasteiger partial charge in [-0.2, -0.15) is 0 Å². The first-order valence-electron chi connectivity index (χ1n) is 11.2. The number of carbonyl (C=O) groups is 3. The van der Waals surface area contributed by atoms with E-state index in [1.165, 1.54) is 17.0 Å². The molecule has 34 heavy (non-hydrogen) atoms. The summed E-state index contributed by atoms with van der Waals surface area (Å²) in [6.07, 6.45) is 4.42. The zero-order chi connectivity index (χ0) is 24.7. The first-order valence-corrected chi connectivity index (χ1v) is 11.2. The molecule has 184 valence electrons. The Labute approximate surface area is 195 Å². The smallest absolute Gasteiger partial charge is 0.305 e. The average molecular weight is 476 g/mol. The van der Waals surface area contributed by atoms with E-state index in [0.717, 1.165) is 25.9 Å². The van der Waals surface area contributed by atoms with Crippen LogP contribution in [-0.2, 0) is 20.9 Å². The number of aryl methyl sites for hydroxylation is 1. The lowest BCUT2D eigenvalue weighted by molar-refractivity contribution is -0.140. The molecule has 0 bridgehead atoms. The third-order valence-electron chi connectivity index (χ3n) is 5.72. The second-order valence-electron chi connectivity index (χ2n) is 8.17. The van der Waals surface area contributed by atoms with Crippen LogP contribution in [0.25, 0.3) is 0 Å². The van der Waals surface area contributed by atoms with E-state index in [4.69, 9.17) is 0 Å². The van der Waals surface area contributed by atoms with E-state index < -0.39 is 35.9 Å². The number of carboxylic acids is 1. The molecule has 0 aromatic carbocycles. The molecule has 3 rings (SSSR count). The highest BCUT2D eigenvalue weighted by Gasteiger charge is 2.29. The molecule has 2 aromatic rings. The van der Waals surface area contributed by atoms with Crippen molar-refractivity contribution in [1.82, 2.24) is 30.1 Å². The van der Waals surface area contributed by atoms with Gasteiger partial charge in [-0.05, 0) is 39.3 Å². The number of carbonyl (C=O) groups excluding carboxylic acids is 2. The Morgan fingerprint density at radius 2 is 1.97 bits per heavy atom. The Hall–Kier alpha value is -3.61. The first-order chi connectivity index (χ1) is 16.3. The van der Waals surface area contributed by atoms with Crippen LogP contribution in [0.1, 0.15) is 50.0 Å². The highest BCUT2D eigenvalue weighted by molar-refractivity contribution is 5.94. The fraction of sp³-hybridized carbons (Fsp3) is 0.571. The van der Waals surface area contributed by atoms with E-state index in [9.17, 15) is 24.3 Å². The third kappa shape index (κ3) is 6.25. The molecule has 1 amide bonds. The van der Waals surface area contributed by atoms with Crippen molar-refractivity contribution < 1.29 is 24.1 Å². The van der Waals surface area contributed by atoms with Crippen molar-refractivity contribution in [2.45, 2.75) is 58.2 Å². The molecule has 3 heterocycles. The van der Waals surface area contributed by atoms with Crippen molar-refractivity contribution in [2.75, 3.05) is 25.0 Å². The van der Waals surface area contributed by atoms with Crippen molar-refractivity contribution in [1.29, 1.82) is 0 Å². The number of aromatic nitrogens is 4. The second kappa shape index (κ2) is 11.5. The van der Waals surface area contributed by atoms with Crippen LogP contribution < -0.4 is 16.2 Å². The maximum Gasteiger partial charge on any atom is 0.305 e. The number of amides is 1. The van der Waals surface area contributed by atoms with Gasteiger partial charge in [-0.25, -0.2) is 9.61 Å². The lowest BCUT2D eigenvalue weighted by Crippen LogP contribution is -2.49. The molecule has 1 aliphatic heterocycles. The van der Waals surface area contributed by atoms with Crippen LogP contribution in [0.5, 0.6) is 0 Å². The fourth-order valence-corrected chi connectivity index (χ4v) is 3.84. The lowest BCUT2D eigenvalue weighted by Gasteiger charge is -2.23. The van der Waals surface area contributed by atoms with Gasteiger partial charge in [0, 0.05) is 12.4 Å². The van der Waals surface area contributed by atoms with Gasteiger partial charge in [0.05, 0.1) is 25.6 Å². The van der Waals surface area contributed by atoms with Crippen molar-refractivity contribution in [3.05, 3.63) is 34.1 Å². The van der Waals surface area contributed by atoms with Crippen LogP contribution in [0.4, 0.5) is 5.82 Å². The predicted octanol–water partition coefficient (Wildman–Crippen LogP) is 0.122. The summed E-state index contributed by atoms with van der Waals surface area (Å²) < 4.78 is 5.84. The van der Waals surface area contributed by atoms with Crippen LogP contribution in [0.15, 0.2) is 21.8 Å². The molecular weight excluding hydrogens is 446 g/mol. The normalized spacial score (nSPS) is 15.6. The summed E-state index contributed by atoms with van der Waals surface area (Å²) in [5, 5.41) is 22.1. The topological polar surface area (TPSA) is 173 Å². The molecule has 3 N–H and O–H groups in total. The van der Waals surface area contributed by atoms with E-state index in [1.807, 2.05) is 4.90 Å². The molecule has 0 saturated carbocycles. The van der Waals surface area contributed by atoms with Gasteiger partial charge in [-0.3, -0.25) is 28.6 Å². The number of likely N-dealkylation sites (tertiary alicyclic amines) is 1. The monoisotopic (exact) mass is 475 g/mol. The third-order valence-corrected chi connectivity index (χ3v) is 5.72. The summed E-state index contributed by atoms with van der Waals surface area (Å²) in [4.78, 5) is 56.1. The molecule has 0 aliphatic carbocycles. The standard InChI is InChI=1S/C21H29N7O6/c1-3-16(20(32)24-14(10-18(30)31)17(29)12-27-7-4-5-8-27)28-9-6-22-19(21(28)33)23-11-15-13(2)25-34-26-15/h6,9,14,16H,3-5,7-8,10-12H2,1-2H3,(H,22,23)(H,24,32)(H,30,31)/t14-,16-/m0/s1. The Morgan fingerprint density at radius 1 is 1.24 bits per heavy atom. The SMILES string of the molecule is CC[C@@H](C(=O)N[C@@H](CC(=O)O)C(=O)CN1CCCC1)n1ccnc(NCc2nonc2C)c1=O. The lowest BCUT2D eigenvalue weighted by atomic mass is 10.1. The van der Waals surface area contributed by atoms with Crippen LogP contribution in [0.2, 0.25) is 0 Å². The van der Waals surface area contributed by atoms with Gasteiger partial charge < -0.3 is 15.7 Å². The number of carboxylic acid groups (broad SMARTS) is 1.